The fraction of sp³-hybridized carbons (Fsp3) is 0.235. The Labute approximate surface area is 140 Å². The monoisotopic (exact) mass is 351 g/mol. The summed E-state index contributed by atoms with van der Waals surface area (Å²) in [6.07, 6.45) is 0.106. The van der Waals surface area contributed by atoms with Crippen LogP contribution in [-0.4, -0.2) is 25.9 Å². The van der Waals surface area contributed by atoms with Crippen LogP contribution in [0.4, 0.5) is 4.39 Å². The first-order chi connectivity index (χ1) is 11.5. The van der Waals surface area contributed by atoms with Crippen molar-refractivity contribution in [2.45, 2.75) is 12.2 Å². The lowest BCUT2D eigenvalue weighted by atomic mass is 10.1. The highest BCUT2D eigenvalue weighted by molar-refractivity contribution is 7.54. The summed E-state index contributed by atoms with van der Waals surface area (Å²) in [5, 5.41) is 2.67. The quantitative estimate of drug-likeness (QED) is 0.774. The second-order valence-corrected chi connectivity index (χ2v) is 7.53. The fourth-order valence-electron chi connectivity index (χ4n) is 2.28. The number of carbonyl (C=O) groups is 1. The van der Waals surface area contributed by atoms with E-state index in [1.807, 2.05) is 0 Å². The first kappa shape index (κ1) is 18.3. The first-order valence-corrected chi connectivity index (χ1v) is 8.91. The molecular formula is C17H19FNO4P. The Morgan fingerprint density at radius 2 is 1.79 bits per heavy atom. The minimum atomic E-state index is -3.60. The van der Waals surface area contributed by atoms with Gasteiger partial charge in [0, 0.05) is 26.2 Å². The molecule has 1 N–H and O–H groups in total. The van der Waals surface area contributed by atoms with Gasteiger partial charge in [0.15, 0.2) is 0 Å². The van der Waals surface area contributed by atoms with Gasteiger partial charge in [0.2, 0.25) is 0 Å². The lowest BCUT2D eigenvalue weighted by molar-refractivity contribution is 0.0941. The molecule has 0 saturated heterocycles. The molecule has 7 heteroatoms. The molecule has 0 fully saturated rings. The molecule has 1 unspecified atom stereocenters. The van der Waals surface area contributed by atoms with Gasteiger partial charge in [0.25, 0.3) is 5.91 Å². The Morgan fingerprint density at radius 3 is 2.38 bits per heavy atom. The van der Waals surface area contributed by atoms with Crippen LogP contribution in [0.1, 0.15) is 15.9 Å². The summed E-state index contributed by atoms with van der Waals surface area (Å²) in [5.41, 5.74) is 0.989. The highest BCUT2D eigenvalue weighted by Crippen LogP contribution is 2.51. The molecule has 1 atom stereocenters. The van der Waals surface area contributed by atoms with Gasteiger partial charge in [0.05, 0.1) is 0 Å². The van der Waals surface area contributed by atoms with Crippen molar-refractivity contribution in [3.63, 3.8) is 0 Å². The summed E-state index contributed by atoms with van der Waals surface area (Å²) in [6, 6.07) is 14.4. The number of rotatable bonds is 7. The van der Waals surface area contributed by atoms with Crippen LogP contribution < -0.4 is 5.32 Å². The fourth-order valence-corrected chi connectivity index (χ4v) is 3.65. The van der Waals surface area contributed by atoms with E-state index in [1.165, 1.54) is 26.4 Å². The molecule has 2 aromatic rings. The van der Waals surface area contributed by atoms with E-state index in [2.05, 4.69) is 5.32 Å². The van der Waals surface area contributed by atoms with E-state index >= 15 is 0 Å². The third-order valence-corrected chi connectivity index (χ3v) is 5.64. The molecule has 0 aliphatic carbocycles. The molecule has 0 heterocycles. The average molecular weight is 351 g/mol. The number of nitrogens with one attached hydrogen (secondary N) is 1. The van der Waals surface area contributed by atoms with E-state index in [0.717, 1.165) is 0 Å². The van der Waals surface area contributed by atoms with E-state index in [1.54, 1.807) is 42.5 Å². The molecule has 0 aliphatic rings. The Hall–Kier alpha value is -2.01. The molecule has 24 heavy (non-hydrogen) atoms. The van der Waals surface area contributed by atoms with Gasteiger partial charge >= 0.3 is 7.60 Å². The van der Waals surface area contributed by atoms with Gasteiger partial charge in [-0.15, -0.1) is 0 Å². The summed E-state index contributed by atoms with van der Waals surface area (Å²) in [5.74, 6) is -1.77. The van der Waals surface area contributed by atoms with Gasteiger partial charge in [-0.25, -0.2) is 4.39 Å². The topological polar surface area (TPSA) is 64.6 Å². The minimum absolute atomic E-state index is 0.106. The number of hydrogen-bond acceptors (Lipinski definition) is 4. The van der Waals surface area contributed by atoms with Gasteiger partial charge in [-0.3, -0.25) is 9.36 Å². The minimum Gasteiger partial charge on any atom is -0.338 e. The third kappa shape index (κ3) is 4.51. The smallest absolute Gasteiger partial charge is 0.338 e. The third-order valence-electron chi connectivity index (χ3n) is 3.54. The summed E-state index contributed by atoms with van der Waals surface area (Å²) < 4.78 is 36.2. The maximum atomic E-state index is 13.4. The molecule has 2 rings (SSSR count). The molecule has 5 nitrogen and oxygen atoms in total. The molecule has 0 aromatic heterocycles. The lowest BCUT2D eigenvalue weighted by Crippen LogP contribution is -2.37. The molecule has 0 aliphatic heterocycles. The summed E-state index contributed by atoms with van der Waals surface area (Å²) >= 11 is 0. The number of hydrogen-bond donors (Lipinski definition) is 1. The predicted molar refractivity (Wildman–Crippen MR) is 89.4 cm³/mol. The molecule has 1 amide bonds. The van der Waals surface area contributed by atoms with Crippen LogP contribution in [0.2, 0.25) is 0 Å². The van der Waals surface area contributed by atoms with E-state index < -0.39 is 25.1 Å². The van der Waals surface area contributed by atoms with Crippen molar-refractivity contribution in [1.82, 2.24) is 5.32 Å². The zero-order valence-electron chi connectivity index (χ0n) is 13.4. The number of halogens is 1. The molecule has 128 valence electrons. The Kier molecular flexibility index (Phi) is 6.26. The van der Waals surface area contributed by atoms with Gasteiger partial charge in [-0.1, -0.05) is 30.3 Å². The maximum Gasteiger partial charge on any atom is 0.352 e. The van der Waals surface area contributed by atoms with Crippen molar-refractivity contribution in [2.75, 3.05) is 14.2 Å². The van der Waals surface area contributed by atoms with Crippen LogP contribution in [-0.2, 0) is 20.0 Å². The summed E-state index contributed by atoms with van der Waals surface area (Å²) in [4.78, 5) is 12.4. The van der Waals surface area contributed by atoms with Crippen molar-refractivity contribution in [3.05, 3.63) is 71.5 Å². The van der Waals surface area contributed by atoms with Crippen LogP contribution in [0.5, 0.6) is 0 Å². The number of benzene rings is 2. The first-order valence-electron chi connectivity index (χ1n) is 7.30. The standard InChI is InChI=1S/C17H19FNO4P/c1-22-24(21,23-2)16(12-13-7-6-10-15(18)11-13)19-17(20)14-8-4-3-5-9-14/h3-11,16H,12H2,1-2H3,(H,19,20). The van der Waals surface area contributed by atoms with E-state index in [4.69, 9.17) is 9.05 Å². The van der Waals surface area contributed by atoms with Crippen molar-refractivity contribution >= 4 is 13.5 Å². The van der Waals surface area contributed by atoms with Crippen molar-refractivity contribution < 1.29 is 22.8 Å². The highest BCUT2D eigenvalue weighted by atomic mass is 31.2. The highest BCUT2D eigenvalue weighted by Gasteiger charge is 2.35. The Morgan fingerprint density at radius 1 is 1.12 bits per heavy atom. The SMILES string of the molecule is COP(=O)(OC)C(Cc1cccc(F)c1)NC(=O)c1ccccc1. The second-order valence-electron chi connectivity index (χ2n) is 5.09. The van der Waals surface area contributed by atoms with E-state index in [9.17, 15) is 13.8 Å². The van der Waals surface area contributed by atoms with Crippen molar-refractivity contribution in [2.24, 2.45) is 0 Å². The molecule has 0 radical (unpaired) electrons. The Bertz CT molecular complexity index is 730. The summed E-state index contributed by atoms with van der Waals surface area (Å²) in [6.45, 7) is 0. The summed E-state index contributed by atoms with van der Waals surface area (Å²) in [7, 11) is -1.11. The van der Waals surface area contributed by atoms with Crippen molar-refractivity contribution in [3.8, 4) is 0 Å². The van der Waals surface area contributed by atoms with Crippen LogP contribution in [0.25, 0.3) is 0 Å². The van der Waals surface area contributed by atoms with E-state index in [-0.39, 0.29) is 6.42 Å². The number of amides is 1. The lowest BCUT2D eigenvalue weighted by Gasteiger charge is -2.25. The molecule has 2 aromatic carbocycles. The Balaban J connectivity index is 2.26. The van der Waals surface area contributed by atoms with Gasteiger partial charge in [0.1, 0.15) is 11.6 Å². The predicted octanol–water partition coefficient (Wildman–Crippen LogP) is 3.61. The zero-order chi connectivity index (χ0) is 17.6. The van der Waals surface area contributed by atoms with Gasteiger partial charge in [-0.05, 0) is 29.8 Å². The normalized spacial score (nSPS) is 12.6. The largest absolute Gasteiger partial charge is 0.352 e. The number of carbonyl (C=O) groups excluding carboxylic acids is 1. The van der Waals surface area contributed by atoms with Crippen molar-refractivity contribution in [1.29, 1.82) is 0 Å². The maximum absolute atomic E-state index is 13.4. The van der Waals surface area contributed by atoms with Crippen LogP contribution >= 0.6 is 7.60 Å². The zero-order valence-corrected chi connectivity index (χ0v) is 14.3. The van der Waals surface area contributed by atoms with Crippen LogP contribution in [0, 0.1) is 5.82 Å². The molecule has 0 spiro atoms. The molecular weight excluding hydrogens is 332 g/mol. The average Bonchev–Trinajstić information content (AvgIpc) is 2.61. The second kappa shape index (κ2) is 8.20. The molecule has 0 bridgehead atoms. The van der Waals surface area contributed by atoms with Gasteiger partial charge < -0.3 is 14.4 Å². The van der Waals surface area contributed by atoms with Crippen LogP contribution in [0.15, 0.2) is 54.6 Å². The molecule has 0 saturated carbocycles. The van der Waals surface area contributed by atoms with Gasteiger partial charge in [-0.2, -0.15) is 0 Å². The van der Waals surface area contributed by atoms with E-state index in [0.29, 0.717) is 11.1 Å². The van der Waals surface area contributed by atoms with Crippen LogP contribution in [0.3, 0.4) is 0 Å².